The van der Waals surface area contributed by atoms with Crippen LogP contribution in [0.15, 0.2) is 59.0 Å². The van der Waals surface area contributed by atoms with Gasteiger partial charge in [-0.05, 0) is 35.9 Å². The molecule has 0 spiro atoms. The summed E-state index contributed by atoms with van der Waals surface area (Å²) in [4.78, 5) is 15.0. The Morgan fingerprint density at radius 2 is 1.89 bits per heavy atom. The second-order valence-corrected chi connectivity index (χ2v) is 5.94. The maximum atomic E-state index is 14.1. The van der Waals surface area contributed by atoms with Crippen molar-refractivity contribution in [2.75, 3.05) is 7.11 Å². The number of nitro benzene ring substituents is 1. The molecule has 1 aromatic heterocycles. The van der Waals surface area contributed by atoms with Gasteiger partial charge in [0, 0.05) is 17.7 Å². The van der Waals surface area contributed by atoms with Gasteiger partial charge in [-0.15, -0.1) is 0 Å². The third-order valence-corrected chi connectivity index (χ3v) is 4.26. The molecule has 4 aromatic rings. The summed E-state index contributed by atoms with van der Waals surface area (Å²) in [6.07, 6.45) is 0. The highest BCUT2D eigenvalue weighted by molar-refractivity contribution is 5.83. The quantitative estimate of drug-likeness (QED) is 0.351. The summed E-state index contributed by atoms with van der Waals surface area (Å²) in [5.41, 5.74) is 1.66. The van der Waals surface area contributed by atoms with Crippen molar-refractivity contribution in [2.24, 2.45) is 0 Å². The van der Waals surface area contributed by atoms with Gasteiger partial charge in [-0.25, -0.2) is 13.8 Å². The number of oxazole rings is 1. The van der Waals surface area contributed by atoms with Crippen LogP contribution in [-0.4, -0.2) is 17.0 Å². The summed E-state index contributed by atoms with van der Waals surface area (Å²) < 4.78 is 38.1. The Labute approximate surface area is 157 Å². The molecule has 3 aromatic carbocycles. The number of nitro groups is 1. The molecule has 0 fully saturated rings. The number of halogens is 2. The Kier molecular flexibility index (Phi) is 4.23. The Morgan fingerprint density at radius 1 is 1.07 bits per heavy atom. The van der Waals surface area contributed by atoms with Crippen LogP contribution in [0.4, 0.5) is 14.5 Å². The minimum Gasteiger partial charge on any atom is -0.490 e. The van der Waals surface area contributed by atoms with E-state index in [9.17, 15) is 18.9 Å². The standard InChI is InChI=1S/C20H12F2N2O4/c1-27-19-14(3-2-4-17(19)24(25)26)20-23-16-9-11(5-8-18(16)28-20)13-7-6-12(21)10-15(13)22/h2-10H,1H3. The molecule has 0 aliphatic carbocycles. The molecule has 0 saturated heterocycles. The van der Waals surface area contributed by atoms with Crippen molar-refractivity contribution in [1.29, 1.82) is 0 Å². The van der Waals surface area contributed by atoms with Gasteiger partial charge in [-0.1, -0.05) is 12.1 Å². The van der Waals surface area contributed by atoms with E-state index in [-0.39, 0.29) is 22.9 Å². The fraction of sp³-hybridized carbons (Fsp3) is 0.0500. The number of rotatable bonds is 4. The summed E-state index contributed by atoms with van der Waals surface area (Å²) >= 11 is 0. The van der Waals surface area contributed by atoms with Gasteiger partial charge < -0.3 is 9.15 Å². The molecule has 8 heteroatoms. The summed E-state index contributed by atoms with van der Waals surface area (Å²) in [7, 11) is 1.32. The zero-order valence-corrected chi connectivity index (χ0v) is 14.5. The highest BCUT2D eigenvalue weighted by atomic mass is 19.1. The zero-order valence-electron chi connectivity index (χ0n) is 14.5. The summed E-state index contributed by atoms with van der Waals surface area (Å²) in [6, 6.07) is 12.6. The van der Waals surface area contributed by atoms with Gasteiger partial charge in [0.05, 0.1) is 17.6 Å². The van der Waals surface area contributed by atoms with E-state index < -0.39 is 16.6 Å². The number of para-hydroxylation sites is 1. The fourth-order valence-electron chi connectivity index (χ4n) is 2.99. The number of aromatic nitrogens is 1. The number of fused-ring (bicyclic) bond motifs is 1. The molecule has 0 atom stereocenters. The van der Waals surface area contributed by atoms with Crippen LogP contribution in [0, 0.1) is 21.7 Å². The number of methoxy groups -OCH3 is 1. The molecule has 1 heterocycles. The number of nitrogens with zero attached hydrogens (tertiary/aromatic N) is 2. The highest BCUT2D eigenvalue weighted by Gasteiger charge is 2.22. The van der Waals surface area contributed by atoms with Crippen molar-refractivity contribution in [2.45, 2.75) is 0 Å². The maximum Gasteiger partial charge on any atom is 0.311 e. The highest BCUT2D eigenvalue weighted by Crippen LogP contribution is 2.38. The van der Waals surface area contributed by atoms with Crippen LogP contribution in [0.25, 0.3) is 33.7 Å². The molecule has 0 unspecified atom stereocenters. The molecule has 0 amide bonds. The van der Waals surface area contributed by atoms with Crippen LogP contribution in [0.1, 0.15) is 0 Å². The molecule has 0 aliphatic rings. The summed E-state index contributed by atoms with van der Waals surface area (Å²) in [6.45, 7) is 0. The molecule has 0 radical (unpaired) electrons. The van der Waals surface area contributed by atoms with Crippen molar-refractivity contribution in [3.63, 3.8) is 0 Å². The van der Waals surface area contributed by atoms with Crippen molar-refractivity contribution in [1.82, 2.24) is 4.98 Å². The van der Waals surface area contributed by atoms with E-state index in [0.717, 1.165) is 6.07 Å². The molecule has 0 bridgehead atoms. The van der Waals surface area contributed by atoms with Crippen molar-refractivity contribution in [3.05, 3.63) is 76.3 Å². The first-order chi connectivity index (χ1) is 13.5. The van der Waals surface area contributed by atoms with Crippen LogP contribution >= 0.6 is 0 Å². The third-order valence-electron chi connectivity index (χ3n) is 4.26. The van der Waals surface area contributed by atoms with Gasteiger partial charge >= 0.3 is 5.69 Å². The molecular formula is C20H12F2N2O4. The van der Waals surface area contributed by atoms with E-state index >= 15 is 0 Å². The summed E-state index contributed by atoms with van der Waals surface area (Å²) in [5.74, 6) is -1.19. The lowest BCUT2D eigenvalue weighted by Crippen LogP contribution is -1.95. The van der Waals surface area contributed by atoms with E-state index in [1.54, 1.807) is 24.3 Å². The van der Waals surface area contributed by atoms with Crippen molar-refractivity contribution < 1.29 is 22.9 Å². The first-order valence-electron chi connectivity index (χ1n) is 8.15. The minimum atomic E-state index is -0.691. The largest absolute Gasteiger partial charge is 0.490 e. The topological polar surface area (TPSA) is 78.4 Å². The zero-order chi connectivity index (χ0) is 19.8. The number of ether oxygens (including phenoxy) is 1. The molecule has 140 valence electrons. The predicted molar refractivity (Wildman–Crippen MR) is 98.0 cm³/mol. The molecule has 6 nitrogen and oxygen atoms in total. The SMILES string of the molecule is COc1c(-c2nc3cc(-c4ccc(F)cc4F)ccc3o2)cccc1[N+](=O)[O-]. The normalized spacial score (nSPS) is 11.0. The van der Waals surface area contributed by atoms with Crippen LogP contribution < -0.4 is 4.74 Å². The molecular weight excluding hydrogens is 370 g/mol. The van der Waals surface area contributed by atoms with E-state index in [2.05, 4.69) is 4.98 Å². The number of benzene rings is 3. The summed E-state index contributed by atoms with van der Waals surface area (Å²) in [5, 5.41) is 11.2. The van der Waals surface area contributed by atoms with Gasteiger partial charge in [0.1, 0.15) is 17.2 Å². The lowest BCUT2D eigenvalue weighted by molar-refractivity contribution is -0.385. The van der Waals surface area contributed by atoms with E-state index in [0.29, 0.717) is 22.2 Å². The van der Waals surface area contributed by atoms with Gasteiger partial charge in [-0.2, -0.15) is 0 Å². The second-order valence-electron chi connectivity index (χ2n) is 5.94. The van der Waals surface area contributed by atoms with Gasteiger partial charge in [0.15, 0.2) is 5.58 Å². The van der Waals surface area contributed by atoms with Crippen LogP contribution in [-0.2, 0) is 0 Å². The molecule has 0 aliphatic heterocycles. The molecule has 0 saturated carbocycles. The van der Waals surface area contributed by atoms with Gasteiger partial charge in [0.25, 0.3) is 0 Å². The van der Waals surface area contributed by atoms with Crippen molar-refractivity contribution in [3.8, 4) is 28.3 Å². The Bertz CT molecular complexity index is 1220. The molecule has 4 rings (SSSR count). The van der Waals surface area contributed by atoms with Crippen LogP contribution in [0.3, 0.4) is 0 Å². The van der Waals surface area contributed by atoms with E-state index in [1.807, 2.05) is 0 Å². The van der Waals surface area contributed by atoms with Crippen LogP contribution in [0.2, 0.25) is 0 Å². The first-order valence-corrected chi connectivity index (χ1v) is 8.15. The van der Waals surface area contributed by atoms with E-state index in [4.69, 9.17) is 9.15 Å². The number of hydrogen-bond donors (Lipinski definition) is 0. The lowest BCUT2D eigenvalue weighted by atomic mass is 10.0. The van der Waals surface area contributed by atoms with E-state index in [1.165, 1.54) is 31.4 Å². The number of hydrogen-bond acceptors (Lipinski definition) is 5. The molecule has 28 heavy (non-hydrogen) atoms. The predicted octanol–water partition coefficient (Wildman–Crippen LogP) is 5.36. The van der Waals surface area contributed by atoms with Crippen molar-refractivity contribution >= 4 is 16.8 Å². The average molecular weight is 382 g/mol. The smallest absolute Gasteiger partial charge is 0.311 e. The Morgan fingerprint density at radius 3 is 2.61 bits per heavy atom. The first kappa shape index (κ1) is 17.6. The lowest BCUT2D eigenvalue weighted by Gasteiger charge is -2.05. The van der Waals surface area contributed by atoms with Crippen LogP contribution in [0.5, 0.6) is 5.75 Å². The Balaban J connectivity index is 1.84. The molecule has 0 N–H and O–H groups in total. The minimum absolute atomic E-state index is 0.0314. The maximum absolute atomic E-state index is 14.1. The fourth-order valence-corrected chi connectivity index (χ4v) is 2.99. The monoisotopic (exact) mass is 382 g/mol. The van der Waals surface area contributed by atoms with Gasteiger partial charge in [-0.3, -0.25) is 10.1 Å². The second kappa shape index (κ2) is 6.73. The van der Waals surface area contributed by atoms with Gasteiger partial charge in [0.2, 0.25) is 11.6 Å². The Hall–Kier alpha value is -3.81. The third kappa shape index (κ3) is 2.94. The average Bonchev–Trinajstić information content (AvgIpc) is 3.10.